The Morgan fingerprint density at radius 3 is 2.86 bits per heavy atom. The van der Waals surface area contributed by atoms with Crippen molar-refractivity contribution in [3.63, 3.8) is 0 Å². The molecule has 1 aliphatic heterocycles. The van der Waals surface area contributed by atoms with Crippen molar-refractivity contribution < 1.29 is 4.74 Å². The van der Waals surface area contributed by atoms with Gasteiger partial charge in [-0.25, -0.2) is 0 Å². The SMILES string of the molecule is CN=C(NCCCc1nnc(SC)n1CC(C)C)NCC1Cc2ccccc2O1. The van der Waals surface area contributed by atoms with E-state index in [4.69, 9.17) is 4.74 Å². The van der Waals surface area contributed by atoms with Gasteiger partial charge < -0.3 is 19.9 Å². The number of aromatic nitrogens is 3. The van der Waals surface area contributed by atoms with Gasteiger partial charge in [-0.3, -0.25) is 4.99 Å². The maximum absolute atomic E-state index is 5.98. The van der Waals surface area contributed by atoms with Crippen LogP contribution in [0.3, 0.4) is 0 Å². The fraction of sp³-hybridized carbons (Fsp3) is 0.571. The minimum absolute atomic E-state index is 0.144. The highest BCUT2D eigenvalue weighted by Gasteiger charge is 2.22. The summed E-state index contributed by atoms with van der Waals surface area (Å²) in [5.74, 6) is 3.43. The van der Waals surface area contributed by atoms with Crippen molar-refractivity contribution >= 4 is 17.7 Å². The van der Waals surface area contributed by atoms with Crippen LogP contribution in [0.2, 0.25) is 0 Å². The Morgan fingerprint density at radius 2 is 2.14 bits per heavy atom. The van der Waals surface area contributed by atoms with E-state index in [0.717, 1.165) is 61.6 Å². The summed E-state index contributed by atoms with van der Waals surface area (Å²) in [6.07, 6.45) is 4.99. The standard InChI is InChI=1S/C21H32N6OS/c1-15(2)14-27-19(25-26-21(27)29-4)10-7-11-23-20(22-3)24-13-17-12-16-8-5-6-9-18(16)28-17/h5-6,8-9,15,17H,7,10-14H2,1-4H3,(H2,22,23,24). The number of aliphatic imine (C=N–C) groups is 1. The van der Waals surface area contributed by atoms with Crippen LogP contribution in [0.25, 0.3) is 0 Å². The summed E-state index contributed by atoms with van der Waals surface area (Å²) >= 11 is 1.65. The summed E-state index contributed by atoms with van der Waals surface area (Å²) < 4.78 is 8.23. The molecule has 158 valence electrons. The molecule has 0 radical (unpaired) electrons. The number of hydrogen-bond acceptors (Lipinski definition) is 5. The van der Waals surface area contributed by atoms with Crippen molar-refractivity contribution in [2.45, 2.75) is 50.9 Å². The Hall–Kier alpha value is -2.22. The van der Waals surface area contributed by atoms with E-state index in [1.165, 1.54) is 5.56 Å². The molecule has 3 rings (SSSR count). The third kappa shape index (κ3) is 5.88. The number of benzene rings is 1. The van der Waals surface area contributed by atoms with Gasteiger partial charge in [-0.05, 0) is 30.2 Å². The molecule has 2 aromatic rings. The maximum Gasteiger partial charge on any atom is 0.191 e. The van der Waals surface area contributed by atoms with Gasteiger partial charge >= 0.3 is 0 Å². The lowest BCUT2D eigenvalue weighted by Crippen LogP contribution is -2.42. The van der Waals surface area contributed by atoms with Crippen molar-refractivity contribution in [2.75, 3.05) is 26.4 Å². The zero-order valence-electron chi connectivity index (χ0n) is 17.8. The fourth-order valence-electron chi connectivity index (χ4n) is 3.46. The van der Waals surface area contributed by atoms with E-state index >= 15 is 0 Å². The summed E-state index contributed by atoms with van der Waals surface area (Å²) in [5.41, 5.74) is 1.28. The molecule has 0 fully saturated rings. The van der Waals surface area contributed by atoms with Crippen molar-refractivity contribution in [2.24, 2.45) is 10.9 Å². The number of nitrogens with one attached hydrogen (secondary N) is 2. The third-order valence-corrected chi connectivity index (χ3v) is 5.50. The van der Waals surface area contributed by atoms with E-state index < -0.39 is 0 Å². The Kier molecular flexibility index (Phi) is 7.80. The van der Waals surface area contributed by atoms with Gasteiger partial charge in [-0.2, -0.15) is 0 Å². The molecule has 1 atom stereocenters. The first-order valence-corrected chi connectivity index (χ1v) is 11.5. The van der Waals surface area contributed by atoms with Gasteiger partial charge in [0, 0.05) is 33.0 Å². The van der Waals surface area contributed by atoms with Crippen LogP contribution in [0, 0.1) is 5.92 Å². The minimum atomic E-state index is 0.144. The Balaban J connectivity index is 1.40. The van der Waals surface area contributed by atoms with Crippen LogP contribution in [-0.2, 0) is 19.4 Å². The molecule has 7 nitrogen and oxygen atoms in total. The van der Waals surface area contributed by atoms with E-state index in [-0.39, 0.29) is 6.10 Å². The van der Waals surface area contributed by atoms with Crippen LogP contribution < -0.4 is 15.4 Å². The molecule has 0 spiro atoms. The molecule has 2 N–H and O–H groups in total. The number of ether oxygens (including phenoxy) is 1. The first kappa shape index (κ1) is 21.5. The van der Waals surface area contributed by atoms with Crippen molar-refractivity contribution in [3.05, 3.63) is 35.7 Å². The zero-order valence-corrected chi connectivity index (χ0v) is 18.6. The van der Waals surface area contributed by atoms with Gasteiger partial charge in [0.2, 0.25) is 0 Å². The van der Waals surface area contributed by atoms with Crippen molar-refractivity contribution in [1.29, 1.82) is 0 Å². The Morgan fingerprint density at radius 1 is 1.31 bits per heavy atom. The molecule has 0 aliphatic carbocycles. The molecule has 1 aliphatic rings. The first-order valence-electron chi connectivity index (χ1n) is 10.3. The highest BCUT2D eigenvalue weighted by Crippen LogP contribution is 2.27. The molecule has 8 heteroatoms. The molecular formula is C21H32N6OS. The number of aryl methyl sites for hydroxylation is 1. The highest BCUT2D eigenvalue weighted by molar-refractivity contribution is 7.98. The molecule has 2 heterocycles. The summed E-state index contributed by atoms with van der Waals surface area (Å²) in [7, 11) is 1.80. The molecule has 0 amide bonds. The molecule has 1 aromatic carbocycles. The van der Waals surface area contributed by atoms with Crippen LogP contribution in [0.15, 0.2) is 34.4 Å². The minimum Gasteiger partial charge on any atom is -0.488 e. The number of fused-ring (bicyclic) bond motifs is 1. The summed E-state index contributed by atoms with van der Waals surface area (Å²) in [6, 6.07) is 8.23. The lowest BCUT2D eigenvalue weighted by atomic mass is 10.1. The van der Waals surface area contributed by atoms with Crippen LogP contribution in [-0.4, -0.2) is 53.2 Å². The molecule has 1 aromatic heterocycles. The second kappa shape index (κ2) is 10.5. The van der Waals surface area contributed by atoms with Crippen LogP contribution >= 0.6 is 11.8 Å². The van der Waals surface area contributed by atoms with Gasteiger partial charge in [0.05, 0.1) is 6.54 Å². The van der Waals surface area contributed by atoms with Crippen molar-refractivity contribution in [1.82, 2.24) is 25.4 Å². The van der Waals surface area contributed by atoms with E-state index in [9.17, 15) is 0 Å². The molecular weight excluding hydrogens is 384 g/mol. The van der Waals surface area contributed by atoms with Gasteiger partial charge in [0.1, 0.15) is 17.7 Å². The van der Waals surface area contributed by atoms with Crippen LogP contribution in [0.5, 0.6) is 5.75 Å². The number of rotatable bonds is 9. The summed E-state index contributed by atoms with van der Waals surface area (Å²) in [4.78, 5) is 4.32. The quantitative estimate of drug-likeness (QED) is 0.283. The van der Waals surface area contributed by atoms with Crippen LogP contribution in [0.1, 0.15) is 31.7 Å². The predicted octanol–water partition coefficient (Wildman–Crippen LogP) is 2.76. The zero-order chi connectivity index (χ0) is 20.6. The van der Waals surface area contributed by atoms with E-state index in [1.807, 2.05) is 12.1 Å². The Bertz CT molecular complexity index is 794. The lowest BCUT2D eigenvalue weighted by Gasteiger charge is -2.16. The van der Waals surface area contributed by atoms with Gasteiger partial charge in [-0.15, -0.1) is 10.2 Å². The van der Waals surface area contributed by atoms with Gasteiger partial charge in [0.15, 0.2) is 11.1 Å². The Labute approximate surface area is 177 Å². The summed E-state index contributed by atoms with van der Waals surface area (Å²) in [5, 5.41) is 16.5. The molecule has 29 heavy (non-hydrogen) atoms. The average molecular weight is 417 g/mol. The first-order chi connectivity index (χ1) is 14.1. The number of hydrogen-bond donors (Lipinski definition) is 2. The van der Waals surface area contributed by atoms with E-state index in [1.54, 1.807) is 18.8 Å². The average Bonchev–Trinajstić information content (AvgIpc) is 3.30. The second-order valence-corrected chi connectivity index (χ2v) is 8.42. The molecule has 0 saturated heterocycles. The number of thioether (sulfide) groups is 1. The van der Waals surface area contributed by atoms with Crippen molar-refractivity contribution in [3.8, 4) is 5.75 Å². The molecule has 1 unspecified atom stereocenters. The summed E-state index contributed by atoms with van der Waals surface area (Å²) in [6.45, 7) is 6.96. The van der Waals surface area contributed by atoms with E-state index in [2.05, 4.69) is 62.6 Å². The maximum atomic E-state index is 5.98. The third-order valence-electron chi connectivity index (χ3n) is 4.83. The normalized spacial score (nSPS) is 16.0. The number of nitrogens with zero attached hydrogens (tertiary/aromatic N) is 4. The van der Waals surface area contributed by atoms with E-state index in [0.29, 0.717) is 5.92 Å². The topological polar surface area (TPSA) is 76.4 Å². The lowest BCUT2D eigenvalue weighted by molar-refractivity contribution is 0.235. The molecule has 0 saturated carbocycles. The van der Waals surface area contributed by atoms with Gasteiger partial charge in [-0.1, -0.05) is 43.8 Å². The smallest absolute Gasteiger partial charge is 0.191 e. The highest BCUT2D eigenvalue weighted by atomic mass is 32.2. The molecule has 0 bridgehead atoms. The largest absolute Gasteiger partial charge is 0.488 e. The van der Waals surface area contributed by atoms with Crippen LogP contribution in [0.4, 0.5) is 0 Å². The fourth-order valence-corrected chi connectivity index (χ4v) is 3.98. The second-order valence-electron chi connectivity index (χ2n) is 7.64. The number of guanidine groups is 1. The predicted molar refractivity (Wildman–Crippen MR) is 119 cm³/mol. The van der Waals surface area contributed by atoms with Gasteiger partial charge in [0.25, 0.3) is 0 Å². The number of para-hydroxylation sites is 1. The monoisotopic (exact) mass is 416 g/mol.